The van der Waals surface area contributed by atoms with Crippen molar-refractivity contribution in [1.82, 2.24) is 5.32 Å². The van der Waals surface area contributed by atoms with Crippen molar-refractivity contribution in [3.63, 3.8) is 0 Å². The van der Waals surface area contributed by atoms with Gasteiger partial charge in [-0.15, -0.1) is 0 Å². The zero-order valence-corrected chi connectivity index (χ0v) is 44.9. The van der Waals surface area contributed by atoms with Crippen LogP contribution in [0.3, 0.4) is 0 Å². The summed E-state index contributed by atoms with van der Waals surface area (Å²) in [6.45, 7) is 4.86. The first-order valence-corrected chi connectivity index (χ1v) is 29.8. The number of hydrogen-bond donors (Lipinski definition) is 3. The number of allylic oxidation sites excluding steroid dienone is 5. The Bertz CT molecular complexity index is 1090. The van der Waals surface area contributed by atoms with E-state index in [0.29, 0.717) is 19.4 Å². The van der Waals surface area contributed by atoms with E-state index >= 15 is 0 Å². The Balaban J connectivity index is 3.50. The van der Waals surface area contributed by atoms with Crippen LogP contribution in [-0.4, -0.2) is 47.4 Å². The lowest BCUT2D eigenvalue weighted by molar-refractivity contribution is -0.143. The lowest BCUT2D eigenvalue weighted by Gasteiger charge is -2.20. The van der Waals surface area contributed by atoms with Gasteiger partial charge in [0, 0.05) is 12.8 Å². The second kappa shape index (κ2) is 56.7. The fourth-order valence-electron chi connectivity index (χ4n) is 9.08. The van der Waals surface area contributed by atoms with Crippen molar-refractivity contribution in [2.75, 3.05) is 13.2 Å². The van der Waals surface area contributed by atoms with Gasteiger partial charge in [0.1, 0.15) is 0 Å². The van der Waals surface area contributed by atoms with Crippen molar-refractivity contribution in [3.05, 3.63) is 36.5 Å². The summed E-state index contributed by atoms with van der Waals surface area (Å²) in [4.78, 5) is 24.5. The van der Waals surface area contributed by atoms with Gasteiger partial charge < -0.3 is 20.3 Å². The highest BCUT2D eigenvalue weighted by molar-refractivity contribution is 5.76. The second-order valence-electron chi connectivity index (χ2n) is 20.3. The molecule has 2 atom stereocenters. The van der Waals surface area contributed by atoms with E-state index in [4.69, 9.17) is 4.74 Å². The van der Waals surface area contributed by atoms with Crippen LogP contribution in [0.15, 0.2) is 36.5 Å². The summed E-state index contributed by atoms with van der Waals surface area (Å²) in [5.41, 5.74) is 0. The maximum atomic E-state index is 12.5. The van der Waals surface area contributed by atoms with E-state index in [1.165, 1.54) is 218 Å². The average Bonchev–Trinajstić information content (AvgIpc) is 3.33. The predicted molar refractivity (Wildman–Crippen MR) is 292 cm³/mol. The number of unbranched alkanes of at least 4 members (excludes halogenated alkanes) is 40. The van der Waals surface area contributed by atoms with E-state index in [9.17, 15) is 19.8 Å². The van der Waals surface area contributed by atoms with E-state index < -0.39 is 12.1 Å². The van der Waals surface area contributed by atoms with E-state index in [1.54, 1.807) is 6.08 Å². The molecule has 394 valence electrons. The molecule has 0 saturated carbocycles. The molecule has 0 aliphatic heterocycles. The van der Waals surface area contributed by atoms with E-state index in [1.807, 2.05) is 6.08 Å². The van der Waals surface area contributed by atoms with Crippen molar-refractivity contribution < 1.29 is 24.5 Å². The molecule has 0 saturated heterocycles. The number of ether oxygens (including phenoxy) is 1. The third-order valence-corrected chi connectivity index (χ3v) is 13.7. The Labute approximate surface area is 417 Å². The number of nitrogens with one attached hydrogen (secondary N) is 1. The van der Waals surface area contributed by atoms with Crippen molar-refractivity contribution in [3.8, 4) is 0 Å². The minimum absolute atomic E-state index is 0.0239. The van der Waals surface area contributed by atoms with Gasteiger partial charge in [-0.25, -0.2) is 0 Å². The predicted octanol–water partition coefficient (Wildman–Crippen LogP) is 18.4. The van der Waals surface area contributed by atoms with E-state index in [2.05, 4.69) is 43.5 Å². The molecule has 67 heavy (non-hydrogen) atoms. The number of carbonyl (C=O) groups is 2. The summed E-state index contributed by atoms with van der Waals surface area (Å²) >= 11 is 0. The van der Waals surface area contributed by atoms with Crippen LogP contribution in [0, 0.1) is 0 Å². The monoisotopic (exact) mass is 942 g/mol. The van der Waals surface area contributed by atoms with Gasteiger partial charge in [-0.05, 0) is 64.2 Å². The van der Waals surface area contributed by atoms with Gasteiger partial charge in [-0.2, -0.15) is 0 Å². The third kappa shape index (κ3) is 53.3. The number of amides is 1. The summed E-state index contributed by atoms with van der Waals surface area (Å²) in [6.07, 6.45) is 70.2. The molecule has 0 aromatic rings. The lowest BCUT2D eigenvalue weighted by atomic mass is 10.0. The molecule has 0 aliphatic rings. The SMILES string of the molecule is CCCCCC/C=C\C/C=C\CCCCCCCC(=O)OCCCCCCCCCCCCCCC(=O)NC(CO)C(O)/C=C/CCCCCCCCCCCCCCCCCCCCCC. The number of esters is 1. The largest absolute Gasteiger partial charge is 0.466 e. The molecule has 6 nitrogen and oxygen atoms in total. The van der Waals surface area contributed by atoms with Gasteiger partial charge in [-0.3, -0.25) is 9.59 Å². The highest BCUT2D eigenvalue weighted by atomic mass is 16.5. The van der Waals surface area contributed by atoms with Crippen LogP contribution in [-0.2, 0) is 14.3 Å². The minimum Gasteiger partial charge on any atom is -0.466 e. The quantitative estimate of drug-likeness (QED) is 0.0321. The first-order valence-electron chi connectivity index (χ1n) is 29.8. The molecule has 0 aliphatic carbocycles. The summed E-state index contributed by atoms with van der Waals surface area (Å²) in [5, 5.41) is 23.2. The molecule has 0 radical (unpaired) electrons. The highest BCUT2D eigenvalue weighted by Crippen LogP contribution is 2.17. The Morgan fingerprint density at radius 2 is 0.746 bits per heavy atom. The minimum atomic E-state index is -0.857. The normalized spacial score (nSPS) is 12.8. The van der Waals surface area contributed by atoms with Crippen molar-refractivity contribution in [2.24, 2.45) is 0 Å². The van der Waals surface area contributed by atoms with E-state index in [-0.39, 0.29) is 18.5 Å². The van der Waals surface area contributed by atoms with Crippen LogP contribution in [0.1, 0.15) is 316 Å². The molecule has 0 bridgehead atoms. The van der Waals surface area contributed by atoms with Gasteiger partial charge in [0.2, 0.25) is 5.91 Å². The van der Waals surface area contributed by atoms with Gasteiger partial charge in [0.15, 0.2) is 0 Å². The lowest BCUT2D eigenvalue weighted by Crippen LogP contribution is -2.45. The Kier molecular flexibility index (Phi) is 55.0. The topological polar surface area (TPSA) is 95.9 Å². The highest BCUT2D eigenvalue weighted by Gasteiger charge is 2.18. The summed E-state index contributed by atoms with van der Waals surface area (Å²) in [5.74, 6) is -0.106. The molecule has 0 aromatic heterocycles. The average molecular weight is 943 g/mol. The molecule has 0 rings (SSSR count). The number of aliphatic hydroxyl groups is 2. The molecule has 6 heteroatoms. The van der Waals surface area contributed by atoms with Crippen LogP contribution in [0.25, 0.3) is 0 Å². The molecule has 0 aromatic carbocycles. The fourth-order valence-corrected chi connectivity index (χ4v) is 9.08. The van der Waals surface area contributed by atoms with Gasteiger partial charge in [-0.1, -0.05) is 275 Å². The smallest absolute Gasteiger partial charge is 0.305 e. The van der Waals surface area contributed by atoms with Crippen molar-refractivity contribution >= 4 is 11.9 Å². The van der Waals surface area contributed by atoms with Gasteiger partial charge in [0.25, 0.3) is 0 Å². The van der Waals surface area contributed by atoms with Crippen LogP contribution in [0.2, 0.25) is 0 Å². The maximum absolute atomic E-state index is 12.5. The van der Waals surface area contributed by atoms with Crippen LogP contribution < -0.4 is 5.32 Å². The standard InChI is InChI=1S/C61H115NO5/c1-3-5-7-9-11-13-15-17-19-21-22-23-24-25-26-27-29-33-37-41-45-49-53-59(64)58(57-63)62-60(65)54-50-46-42-38-34-31-32-36-40-44-48-52-56-67-61(66)55-51-47-43-39-35-30-28-20-18-16-14-12-10-8-6-4-2/h14,16,20,28,49,53,58-59,63-64H,3-13,15,17-19,21-27,29-48,50-52,54-57H2,1-2H3,(H,62,65)/b16-14-,28-20-,53-49+. The van der Waals surface area contributed by atoms with Crippen molar-refractivity contribution in [2.45, 2.75) is 328 Å². The van der Waals surface area contributed by atoms with Crippen LogP contribution in [0.4, 0.5) is 0 Å². The summed E-state index contributed by atoms with van der Waals surface area (Å²) < 4.78 is 5.46. The molecule has 0 heterocycles. The summed E-state index contributed by atoms with van der Waals surface area (Å²) in [6, 6.07) is -0.642. The van der Waals surface area contributed by atoms with Crippen LogP contribution >= 0.6 is 0 Å². The fraction of sp³-hybridized carbons (Fsp3) is 0.869. The molecule has 1 amide bonds. The van der Waals surface area contributed by atoms with Gasteiger partial charge in [0.05, 0.1) is 25.4 Å². The molecule has 2 unspecified atom stereocenters. The molecular formula is C61H115NO5. The molecule has 3 N–H and O–H groups in total. The van der Waals surface area contributed by atoms with Crippen molar-refractivity contribution in [1.29, 1.82) is 0 Å². The second-order valence-corrected chi connectivity index (χ2v) is 20.3. The Morgan fingerprint density at radius 3 is 1.15 bits per heavy atom. The Morgan fingerprint density at radius 1 is 0.418 bits per heavy atom. The number of rotatable bonds is 55. The van der Waals surface area contributed by atoms with Crippen LogP contribution in [0.5, 0.6) is 0 Å². The zero-order valence-electron chi connectivity index (χ0n) is 44.9. The van der Waals surface area contributed by atoms with E-state index in [0.717, 1.165) is 70.6 Å². The first-order chi connectivity index (χ1) is 33.0. The van der Waals surface area contributed by atoms with Gasteiger partial charge >= 0.3 is 5.97 Å². The molecule has 0 fully saturated rings. The summed E-state index contributed by atoms with van der Waals surface area (Å²) in [7, 11) is 0. The zero-order chi connectivity index (χ0) is 48.6. The number of carbonyl (C=O) groups excluding carboxylic acids is 2. The molecular weight excluding hydrogens is 827 g/mol. The third-order valence-electron chi connectivity index (χ3n) is 13.7. The number of aliphatic hydroxyl groups excluding tert-OH is 2. The molecule has 0 spiro atoms. The maximum Gasteiger partial charge on any atom is 0.305 e. The number of hydrogen-bond acceptors (Lipinski definition) is 5. The first kappa shape index (κ1) is 65.1. The Hall–Kier alpha value is -1.92.